The maximum absolute atomic E-state index is 14.7. The molecule has 0 spiro atoms. The van der Waals surface area contributed by atoms with Crippen molar-refractivity contribution >= 4 is 27.8 Å². The third-order valence-electron chi connectivity index (χ3n) is 7.93. The van der Waals surface area contributed by atoms with Gasteiger partial charge in [0.1, 0.15) is 17.2 Å². The number of nitrogens with one attached hydrogen (secondary N) is 4. The monoisotopic (exact) mass is 611 g/mol. The SMILES string of the molecule is CN(C)CCNc1cc(F)cc(-c2ccnc3[nH]c(-c4n[nH]c5ncc(-c6cncc(CNCc7ccccc7)c6)cc45)cc23)c1. The van der Waals surface area contributed by atoms with E-state index in [0.717, 1.165) is 68.8 Å². The summed E-state index contributed by atoms with van der Waals surface area (Å²) >= 11 is 0. The van der Waals surface area contributed by atoms with Gasteiger partial charge in [-0.25, -0.2) is 14.4 Å². The summed E-state index contributed by atoms with van der Waals surface area (Å²) in [7, 11) is 4.02. The lowest BCUT2D eigenvalue weighted by atomic mass is 10.0. The van der Waals surface area contributed by atoms with Gasteiger partial charge in [-0.15, -0.1) is 0 Å². The number of aromatic amines is 2. The summed E-state index contributed by atoms with van der Waals surface area (Å²) < 4.78 is 14.7. The quantitative estimate of drug-likeness (QED) is 0.130. The van der Waals surface area contributed by atoms with Crippen molar-refractivity contribution in [1.29, 1.82) is 0 Å². The van der Waals surface area contributed by atoms with Crippen LogP contribution >= 0.6 is 0 Å². The van der Waals surface area contributed by atoms with Gasteiger partial charge in [0.05, 0.1) is 5.69 Å². The fourth-order valence-electron chi connectivity index (χ4n) is 5.63. The number of anilines is 1. The van der Waals surface area contributed by atoms with E-state index in [2.05, 4.69) is 69.9 Å². The molecule has 0 amide bonds. The van der Waals surface area contributed by atoms with Crippen molar-refractivity contribution in [2.24, 2.45) is 0 Å². The number of likely N-dealkylation sites (N-methyl/N-ethyl adjacent to an activating group) is 1. The Morgan fingerprint density at radius 2 is 1.63 bits per heavy atom. The van der Waals surface area contributed by atoms with E-state index in [1.165, 1.54) is 11.6 Å². The average Bonchev–Trinajstić information content (AvgIpc) is 3.69. The van der Waals surface area contributed by atoms with Gasteiger partial charge in [0.25, 0.3) is 0 Å². The summed E-state index contributed by atoms with van der Waals surface area (Å²) in [4.78, 5) is 19.2. The summed E-state index contributed by atoms with van der Waals surface area (Å²) in [5.41, 5.74) is 9.52. The number of nitrogens with zero attached hydrogens (tertiary/aromatic N) is 5. The molecule has 0 saturated heterocycles. The molecular formula is C36H34FN9. The van der Waals surface area contributed by atoms with Gasteiger partial charge in [-0.3, -0.25) is 10.1 Å². The van der Waals surface area contributed by atoms with E-state index in [9.17, 15) is 4.39 Å². The molecule has 0 unspecified atom stereocenters. The molecule has 0 saturated carbocycles. The summed E-state index contributed by atoms with van der Waals surface area (Å²) in [6.07, 6.45) is 7.30. The van der Waals surface area contributed by atoms with Gasteiger partial charge in [-0.05, 0) is 78.8 Å². The molecule has 9 nitrogen and oxygen atoms in total. The van der Waals surface area contributed by atoms with Crippen LogP contribution in [0.2, 0.25) is 0 Å². The number of halogens is 1. The first kappa shape index (κ1) is 29.3. The maximum Gasteiger partial charge on any atom is 0.155 e. The van der Waals surface area contributed by atoms with Gasteiger partial charge in [-0.2, -0.15) is 5.10 Å². The highest BCUT2D eigenvalue weighted by atomic mass is 19.1. The standard InChI is InChI=1S/C36H34FN9/c1-46(2)11-10-40-29-14-25(13-28(37)16-29)30-8-9-41-35-31(30)17-33(43-35)34-32-15-27(22-42-36(32)45-44-34)26-12-24(20-39-21-26)19-38-18-23-6-4-3-5-7-23/h3-9,12-17,20-22,38,40H,10-11,18-19H2,1-2H3,(H,41,43)(H,42,44,45). The molecule has 0 atom stereocenters. The smallest absolute Gasteiger partial charge is 0.155 e. The first-order valence-electron chi connectivity index (χ1n) is 15.2. The van der Waals surface area contributed by atoms with E-state index in [0.29, 0.717) is 24.4 Å². The van der Waals surface area contributed by atoms with Crippen LogP contribution in [0.3, 0.4) is 0 Å². The topological polar surface area (TPSA) is 110 Å². The van der Waals surface area contributed by atoms with Crippen LogP contribution in [0, 0.1) is 5.82 Å². The first-order chi connectivity index (χ1) is 22.5. The van der Waals surface area contributed by atoms with Crippen molar-refractivity contribution in [2.75, 3.05) is 32.5 Å². The maximum atomic E-state index is 14.7. The molecule has 46 heavy (non-hydrogen) atoms. The lowest BCUT2D eigenvalue weighted by Crippen LogP contribution is -2.20. The number of rotatable bonds is 11. The van der Waals surface area contributed by atoms with Gasteiger partial charge < -0.3 is 20.5 Å². The summed E-state index contributed by atoms with van der Waals surface area (Å²) in [5.74, 6) is -0.298. The normalized spacial score (nSPS) is 11.6. The highest BCUT2D eigenvalue weighted by molar-refractivity contribution is 6.00. The molecule has 0 bridgehead atoms. The number of pyridine rings is 3. The Hall–Kier alpha value is -5.45. The molecule has 230 valence electrons. The Bertz CT molecular complexity index is 2120. The van der Waals surface area contributed by atoms with Crippen LogP contribution in [0.4, 0.5) is 10.1 Å². The van der Waals surface area contributed by atoms with Gasteiger partial charge in [0, 0.05) is 78.6 Å². The van der Waals surface area contributed by atoms with E-state index < -0.39 is 0 Å². The molecular weight excluding hydrogens is 577 g/mol. The van der Waals surface area contributed by atoms with E-state index in [4.69, 9.17) is 0 Å². The number of H-pyrrole nitrogens is 2. The fraction of sp³-hybridized carbons (Fsp3) is 0.167. The molecule has 5 aromatic heterocycles. The van der Waals surface area contributed by atoms with Gasteiger partial charge >= 0.3 is 0 Å². The van der Waals surface area contributed by atoms with Crippen molar-refractivity contribution in [2.45, 2.75) is 13.1 Å². The largest absolute Gasteiger partial charge is 0.384 e. The van der Waals surface area contributed by atoms with E-state index in [-0.39, 0.29) is 5.82 Å². The van der Waals surface area contributed by atoms with Crippen LogP contribution in [0.15, 0.2) is 97.6 Å². The molecule has 5 heterocycles. The van der Waals surface area contributed by atoms with Crippen molar-refractivity contribution in [3.8, 4) is 33.6 Å². The van der Waals surface area contributed by atoms with Crippen molar-refractivity contribution in [3.63, 3.8) is 0 Å². The predicted molar refractivity (Wildman–Crippen MR) is 182 cm³/mol. The van der Waals surface area contributed by atoms with Gasteiger partial charge in [0.15, 0.2) is 5.65 Å². The van der Waals surface area contributed by atoms with E-state index in [1.807, 2.05) is 69.1 Å². The third-order valence-corrected chi connectivity index (χ3v) is 7.93. The second-order valence-corrected chi connectivity index (χ2v) is 11.6. The minimum absolute atomic E-state index is 0.298. The van der Waals surface area contributed by atoms with Crippen molar-refractivity contribution < 1.29 is 4.39 Å². The van der Waals surface area contributed by atoms with Gasteiger partial charge in [-0.1, -0.05) is 30.3 Å². The number of hydrogen-bond donors (Lipinski definition) is 4. The lowest BCUT2D eigenvalue weighted by molar-refractivity contribution is 0.425. The first-order valence-corrected chi connectivity index (χ1v) is 15.2. The molecule has 0 fully saturated rings. The minimum Gasteiger partial charge on any atom is -0.384 e. The zero-order valence-electron chi connectivity index (χ0n) is 25.7. The highest BCUT2D eigenvalue weighted by Gasteiger charge is 2.16. The van der Waals surface area contributed by atoms with Crippen LogP contribution in [0.25, 0.3) is 55.7 Å². The van der Waals surface area contributed by atoms with Crippen LogP contribution in [0.5, 0.6) is 0 Å². The zero-order chi connectivity index (χ0) is 31.5. The van der Waals surface area contributed by atoms with Crippen LogP contribution in [-0.4, -0.2) is 62.2 Å². The number of hydrogen-bond acceptors (Lipinski definition) is 7. The lowest BCUT2D eigenvalue weighted by Gasteiger charge is -2.13. The van der Waals surface area contributed by atoms with Crippen LogP contribution < -0.4 is 10.6 Å². The number of fused-ring (bicyclic) bond motifs is 2. The Morgan fingerprint density at radius 3 is 2.50 bits per heavy atom. The van der Waals surface area contributed by atoms with Crippen LogP contribution in [-0.2, 0) is 13.1 Å². The second-order valence-electron chi connectivity index (χ2n) is 11.6. The average molecular weight is 612 g/mol. The number of aromatic nitrogens is 6. The van der Waals surface area contributed by atoms with Crippen molar-refractivity contribution in [3.05, 3.63) is 115 Å². The molecule has 7 aromatic rings. The summed E-state index contributed by atoms with van der Waals surface area (Å²) in [6.45, 7) is 3.04. The molecule has 0 aliphatic carbocycles. The van der Waals surface area contributed by atoms with Gasteiger partial charge in [0.2, 0.25) is 0 Å². The molecule has 0 aliphatic heterocycles. The van der Waals surface area contributed by atoms with E-state index in [1.54, 1.807) is 12.3 Å². The molecule has 10 heteroatoms. The Morgan fingerprint density at radius 1 is 0.783 bits per heavy atom. The summed E-state index contributed by atoms with van der Waals surface area (Å²) in [6, 6.07) is 23.5. The highest BCUT2D eigenvalue weighted by Crippen LogP contribution is 2.35. The third kappa shape index (κ3) is 6.35. The second kappa shape index (κ2) is 12.9. The summed E-state index contributed by atoms with van der Waals surface area (Å²) in [5, 5.41) is 16.3. The van der Waals surface area contributed by atoms with Crippen LogP contribution in [0.1, 0.15) is 11.1 Å². The fourth-order valence-corrected chi connectivity index (χ4v) is 5.63. The predicted octanol–water partition coefficient (Wildman–Crippen LogP) is 6.63. The zero-order valence-corrected chi connectivity index (χ0v) is 25.7. The van der Waals surface area contributed by atoms with Crippen molar-refractivity contribution in [1.82, 2.24) is 40.3 Å². The Balaban J connectivity index is 1.17. The Labute approximate surface area is 266 Å². The Kier molecular flexibility index (Phi) is 8.20. The minimum atomic E-state index is -0.298. The molecule has 2 aromatic carbocycles. The van der Waals surface area contributed by atoms with E-state index >= 15 is 0 Å². The molecule has 4 N–H and O–H groups in total. The molecule has 0 radical (unpaired) electrons. The molecule has 7 rings (SSSR count). The molecule has 0 aliphatic rings. The number of benzene rings is 2.